The lowest BCUT2D eigenvalue weighted by molar-refractivity contribution is -0.393. The molecule has 0 aliphatic heterocycles. The van der Waals surface area contributed by atoms with Gasteiger partial charge in [-0.3, -0.25) is 25.7 Å². The predicted molar refractivity (Wildman–Crippen MR) is 72.7 cm³/mol. The SMILES string of the molecule is O=[N+]([O-])c1ccc(N/N=C/C=C/CCO)c([N+](=O)[O-])c1. The molecule has 1 aromatic carbocycles. The van der Waals surface area contributed by atoms with Crippen LogP contribution < -0.4 is 5.43 Å². The summed E-state index contributed by atoms with van der Waals surface area (Å²) in [5, 5.41) is 33.6. The lowest BCUT2D eigenvalue weighted by Gasteiger charge is -2.01. The van der Waals surface area contributed by atoms with Gasteiger partial charge >= 0.3 is 5.69 Å². The van der Waals surface area contributed by atoms with Crippen LogP contribution in [0.15, 0.2) is 35.5 Å². The molecule has 0 heterocycles. The first kappa shape index (κ1) is 15.2. The predicted octanol–water partition coefficient (Wildman–Crippen LogP) is 1.84. The maximum absolute atomic E-state index is 10.8. The minimum Gasteiger partial charge on any atom is -0.396 e. The Morgan fingerprint density at radius 2 is 2.05 bits per heavy atom. The Morgan fingerprint density at radius 1 is 1.30 bits per heavy atom. The van der Waals surface area contributed by atoms with Gasteiger partial charge in [0.1, 0.15) is 5.69 Å². The van der Waals surface area contributed by atoms with Crippen molar-refractivity contribution in [2.75, 3.05) is 12.0 Å². The normalized spacial score (nSPS) is 11.1. The fourth-order valence-corrected chi connectivity index (χ4v) is 1.26. The molecule has 0 bridgehead atoms. The molecule has 0 aromatic heterocycles. The molecule has 0 atom stereocenters. The van der Waals surface area contributed by atoms with E-state index < -0.39 is 15.5 Å². The zero-order chi connectivity index (χ0) is 15.0. The summed E-state index contributed by atoms with van der Waals surface area (Å²) in [5.74, 6) is 0. The minimum absolute atomic E-state index is 0.0194. The van der Waals surface area contributed by atoms with Crippen molar-refractivity contribution in [2.24, 2.45) is 5.10 Å². The molecule has 0 radical (unpaired) electrons. The Kier molecular flexibility index (Phi) is 5.78. The highest BCUT2D eigenvalue weighted by Crippen LogP contribution is 2.28. The molecule has 106 valence electrons. The first-order chi connectivity index (χ1) is 9.56. The smallest absolute Gasteiger partial charge is 0.301 e. The minimum atomic E-state index is -0.730. The lowest BCUT2D eigenvalue weighted by Crippen LogP contribution is -1.98. The van der Waals surface area contributed by atoms with Crippen LogP contribution in [0.5, 0.6) is 0 Å². The Hall–Kier alpha value is -2.81. The van der Waals surface area contributed by atoms with E-state index >= 15 is 0 Å². The van der Waals surface area contributed by atoms with Crippen molar-refractivity contribution < 1.29 is 15.0 Å². The Morgan fingerprint density at radius 3 is 2.65 bits per heavy atom. The standard InChI is InChI=1S/C11H12N4O5/c16-7-3-1-2-6-12-13-10-5-4-9(14(17)18)8-11(10)15(19)20/h1-2,4-6,8,13,16H,3,7H2/b2-1+,12-6+. The third-order valence-corrected chi connectivity index (χ3v) is 2.17. The summed E-state index contributed by atoms with van der Waals surface area (Å²) in [4.78, 5) is 19.9. The Labute approximate surface area is 113 Å². The van der Waals surface area contributed by atoms with Crippen LogP contribution in [0.4, 0.5) is 17.1 Å². The van der Waals surface area contributed by atoms with Gasteiger partial charge in [0.2, 0.25) is 0 Å². The fraction of sp³-hybridized carbons (Fsp3) is 0.182. The van der Waals surface area contributed by atoms with E-state index in [1.54, 1.807) is 12.2 Å². The summed E-state index contributed by atoms with van der Waals surface area (Å²) in [7, 11) is 0. The average molecular weight is 280 g/mol. The highest BCUT2D eigenvalue weighted by molar-refractivity contribution is 5.73. The first-order valence-corrected chi connectivity index (χ1v) is 5.54. The van der Waals surface area contributed by atoms with Gasteiger partial charge in [-0.1, -0.05) is 6.08 Å². The second-order valence-corrected chi connectivity index (χ2v) is 3.55. The monoisotopic (exact) mass is 280 g/mol. The van der Waals surface area contributed by atoms with E-state index in [9.17, 15) is 20.2 Å². The van der Waals surface area contributed by atoms with Crippen molar-refractivity contribution in [3.05, 3.63) is 50.6 Å². The van der Waals surface area contributed by atoms with Crippen molar-refractivity contribution >= 4 is 23.3 Å². The number of nitrogens with zero attached hydrogens (tertiary/aromatic N) is 3. The first-order valence-electron chi connectivity index (χ1n) is 5.54. The molecule has 0 unspecified atom stereocenters. The van der Waals surface area contributed by atoms with Gasteiger partial charge in [-0.15, -0.1) is 0 Å². The number of aliphatic hydroxyl groups is 1. The van der Waals surface area contributed by atoms with Crippen molar-refractivity contribution in [2.45, 2.75) is 6.42 Å². The molecule has 0 saturated heterocycles. The number of nitro benzene ring substituents is 2. The van der Waals surface area contributed by atoms with E-state index in [4.69, 9.17) is 5.11 Å². The van der Waals surface area contributed by atoms with E-state index in [0.717, 1.165) is 12.1 Å². The second-order valence-electron chi connectivity index (χ2n) is 3.55. The number of nitro groups is 2. The molecule has 0 aliphatic rings. The number of non-ortho nitro benzene ring substituents is 1. The van der Waals surface area contributed by atoms with Gasteiger partial charge in [-0.05, 0) is 18.6 Å². The third kappa shape index (κ3) is 4.46. The maximum atomic E-state index is 10.8. The van der Waals surface area contributed by atoms with Crippen molar-refractivity contribution in [1.29, 1.82) is 0 Å². The van der Waals surface area contributed by atoms with Gasteiger partial charge in [-0.25, -0.2) is 0 Å². The van der Waals surface area contributed by atoms with E-state index in [0.29, 0.717) is 6.42 Å². The van der Waals surface area contributed by atoms with Crippen LogP contribution in [-0.4, -0.2) is 27.8 Å². The van der Waals surface area contributed by atoms with E-state index in [1.165, 1.54) is 12.3 Å². The van der Waals surface area contributed by atoms with E-state index in [1.807, 2.05) is 0 Å². The molecule has 0 spiro atoms. The number of rotatable bonds is 7. The van der Waals surface area contributed by atoms with Crippen molar-refractivity contribution in [1.82, 2.24) is 0 Å². The van der Waals surface area contributed by atoms with Crippen LogP contribution in [0.1, 0.15) is 6.42 Å². The topological polar surface area (TPSA) is 131 Å². The quantitative estimate of drug-likeness (QED) is 0.445. The van der Waals surface area contributed by atoms with Crippen molar-refractivity contribution in [3.8, 4) is 0 Å². The molecule has 0 saturated carbocycles. The van der Waals surface area contributed by atoms with Gasteiger partial charge in [0.25, 0.3) is 5.69 Å². The summed E-state index contributed by atoms with van der Waals surface area (Å²) in [6, 6.07) is 3.22. The number of hydrogen-bond donors (Lipinski definition) is 2. The molecule has 1 rings (SSSR count). The molecule has 9 nitrogen and oxygen atoms in total. The summed E-state index contributed by atoms with van der Waals surface area (Å²) >= 11 is 0. The zero-order valence-electron chi connectivity index (χ0n) is 10.3. The van der Waals surface area contributed by atoms with Crippen LogP contribution >= 0.6 is 0 Å². The van der Waals surface area contributed by atoms with Crippen LogP contribution in [-0.2, 0) is 0 Å². The highest BCUT2D eigenvalue weighted by Gasteiger charge is 2.18. The largest absolute Gasteiger partial charge is 0.396 e. The summed E-state index contributed by atoms with van der Waals surface area (Å²) in [5.41, 5.74) is 1.68. The number of anilines is 1. The zero-order valence-corrected chi connectivity index (χ0v) is 10.3. The molecule has 1 aromatic rings. The number of hydrazone groups is 1. The summed E-state index contributed by atoms with van der Waals surface area (Å²) in [6.07, 6.45) is 5.04. The number of hydrogen-bond acceptors (Lipinski definition) is 7. The van der Waals surface area contributed by atoms with Crippen LogP contribution in [0.3, 0.4) is 0 Å². The number of nitrogens with one attached hydrogen (secondary N) is 1. The molecular formula is C11H12N4O5. The molecule has 0 aliphatic carbocycles. The maximum Gasteiger partial charge on any atom is 0.301 e. The van der Waals surface area contributed by atoms with E-state index in [-0.39, 0.29) is 18.0 Å². The second kappa shape index (κ2) is 7.59. The average Bonchev–Trinajstić information content (AvgIpc) is 2.42. The van der Waals surface area contributed by atoms with Crippen LogP contribution in [0.25, 0.3) is 0 Å². The molecule has 0 fully saturated rings. The number of benzene rings is 1. The van der Waals surface area contributed by atoms with Gasteiger partial charge in [0.15, 0.2) is 0 Å². The lowest BCUT2D eigenvalue weighted by atomic mass is 10.2. The Bertz CT molecular complexity index is 556. The Balaban J connectivity index is 2.84. The van der Waals surface area contributed by atoms with Gasteiger partial charge in [-0.2, -0.15) is 5.10 Å². The summed E-state index contributed by atoms with van der Waals surface area (Å²) < 4.78 is 0. The fourth-order valence-electron chi connectivity index (χ4n) is 1.26. The number of aliphatic hydroxyl groups excluding tert-OH is 1. The molecule has 0 amide bonds. The van der Waals surface area contributed by atoms with Crippen molar-refractivity contribution in [3.63, 3.8) is 0 Å². The van der Waals surface area contributed by atoms with Gasteiger partial charge in [0.05, 0.1) is 15.9 Å². The number of allylic oxidation sites excluding steroid dienone is 1. The molecule has 2 N–H and O–H groups in total. The molecule has 20 heavy (non-hydrogen) atoms. The molecule has 9 heteroatoms. The summed E-state index contributed by atoms with van der Waals surface area (Å²) in [6.45, 7) is 0.0194. The van der Waals surface area contributed by atoms with E-state index in [2.05, 4.69) is 10.5 Å². The highest BCUT2D eigenvalue weighted by atomic mass is 16.6. The third-order valence-electron chi connectivity index (χ3n) is 2.17. The van der Waals surface area contributed by atoms with Gasteiger partial charge < -0.3 is 5.11 Å². The van der Waals surface area contributed by atoms with Crippen LogP contribution in [0.2, 0.25) is 0 Å². The van der Waals surface area contributed by atoms with Gasteiger partial charge in [0, 0.05) is 18.9 Å². The molecular weight excluding hydrogens is 268 g/mol. The van der Waals surface area contributed by atoms with Crippen LogP contribution in [0, 0.1) is 20.2 Å².